The molecule has 152 valence electrons. The molecule has 29 heavy (non-hydrogen) atoms. The number of aryl methyl sites for hydroxylation is 1. The van der Waals surface area contributed by atoms with Crippen molar-refractivity contribution in [2.75, 3.05) is 6.61 Å². The summed E-state index contributed by atoms with van der Waals surface area (Å²) in [6, 6.07) is 19.8. The fraction of sp³-hybridized carbons (Fsp3) is 0.217. The predicted molar refractivity (Wildman–Crippen MR) is 125 cm³/mol. The maximum absolute atomic E-state index is 9.00. The molecule has 0 fully saturated rings. The largest absolute Gasteiger partial charge is 0.395 e. The lowest BCUT2D eigenvalue weighted by atomic mass is 10.1. The Morgan fingerprint density at radius 3 is 2.10 bits per heavy atom. The Morgan fingerprint density at radius 2 is 1.48 bits per heavy atom. The third-order valence-corrected chi connectivity index (χ3v) is 6.35. The highest BCUT2D eigenvalue weighted by Gasteiger charge is 2.07. The second-order valence-corrected chi connectivity index (χ2v) is 9.30. The molecule has 3 rings (SSSR count). The van der Waals surface area contributed by atoms with Crippen molar-refractivity contribution in [1.29, 1.82) is 0 Å². The van der Waals surface area contributed by atoms with Crippen LogP contribution in [0.15, 0.2) is 70.5 Å². The molecule has 0 radical (unpaired) electrons. The molecule has 1 atom stereocenters. The van der Waals surface area contributed by atoms with Crippen LogP contribution < -0.4 is 5.73 Å². The van der Waals surface area contributed by atoms with Gasteiger partial charge in [-0.3, -0.25) is 0 Å². The number of benzene rings is 3. The van der Waals surface area contributed by atoms with Crippen molar-refractivity contribution >= 4 is 46.6 Å². The standard InChI is InChI=1S/C23H22Cl3NOS/c24-18-10-17(11-19(25)12-18)15-4-7-21(8-5-15)29-22-9-6-16(23(26)13-22)2-1-3-20(27)14-28/h4-13,20,28H,1-3,14,27H2. The van der Waals surface area contributed by atoms with Crippen LogP contribution in [0.5, 0.6) is 0 Å². The topological polar surface area (TPSA) is 46.2 Å². The van der Waals surface area contributed by atoms with E-state index in [2.05, 4.69) is 36.4 Å². The summed E-state index contributed by atoms with van der Waals surface area (Å²) in [5.74, 6) is 0. The van der Waals surface area contributed by atoms with Gasteiger partial charge in [0.1, 0.15) is 0 Å². The number of nitrogens with two attached hydrogens (primary N) is 1. The fourth-order valence-corrected chi connectivity index (χ4v) is 4.74. The van der Waals surface area contributed by atoms with Crippen molar-refractivity contribution in [1.82, 2.24) is 0 Å². The quantitative estimate of drug-likeness (QED) is 0.372. The lowest BCUT2D eigenvalue weighted by Gasteiger charge is -2.10. The van der Waals surface area contributed by atoms with Gasteiger partial charge in [0, 0.05) is 30.9 Å². The summed E-state index contributed by atoms with van der Waals surface area (Å²) in [6.07, 6.45) is 2.55. The molecular weight excluding hydrogens is 445 g/mol. The maximum atomic E-state index is 9.00. The van der Waals surface area contributed by atoms with E-state index in [1.54, 1.807) is 17.8 Å². The summed E-state index contributed by atoms with van der Waals surface area (Å²) in [4.78, 5) is 2.21. The van der Waals surface area contributed by atoms with Gasteiger partial charge >= 0.3 is 0 Å². The van der Waals surface area contributed by atoms with E-state index in [-0.39, 0.29) is 12.6 Å². The highest BCUT2D eigenvalue weighted by Crippen LogP contribution is 2.33. The highest BCUT2D eigenvalue weighted by molar-refractivity contribution is 7.99. The maximum Gasteiger partial charge on any atom is 0.0582 e. The van der Waals surface area contributed by atoms with Crippen molar-refractivity contribution in [2.45, 2.75) is 35.1 Å². The number of rotatable bonds is 8. The third-order valence-electron chi connectivity index (χ3n) is 4.57. The molecule has 3 aromatic carbocycles. The van der Waals surface area contributed by atoms with Crippen molar-refractivity contribution in [2.24, 2.45) is 5.73 Å². The molecule has 0 spiro atoms. The van der Waals surface area contributed by atoms with Crippen molar-refractivity contribution < 1.29 is 5.11 Å². The molecule has 0 aromatic heterocycles. The Morgan fingerprint density at radius 1 is 0.828 bits per heavy atom. The van der Waals surface area contributed by atoms with Gasteiger partial charge in [-0.1, -0.05) is 64.8 Å². The number of aliphatic hydroxyl groups is 1. The van der Waals surface area contributed by atoms with Gasteiger partial charge < -0.3 is 10.8 Å². The molecule has 0 aliphatic rings. The average Bonchev–Trinajstić information content (AvgIpc) is 2.69. The van der Waals surface area contributed by atoms with Crippen LogP contribution in [0.1, 0.15) is 18.4 Å². The van der Waals surface area contributed by atoms with Gasteiger partial charge in [-0.2, -0.15) is 0 Å². The first-order chi connectivity index (χ1) is 13.9. The summed E-state index contributed by atoms with van der Waals surface area (Å²) < 4.78 is 0. The van der Waals surface area contributed by atoms with Crippen LogP contribution in [0.3, 0.4) is 0 Å². The molecule has 0 aliphatic heterocycles. The van der Waals surface area contributed by atoms with Crippen LogP contribution in [0.4, 0.5) is 0 Å². The average molecular weight is 467 g/mol. The zero-order valence-electron chi connectivity index (χ0n) is 15.7. The van der Waals surface area contributed by atoms with Crippen molar-refractivity contribution in [3.8, 4) is 11.1 Å². The Bertz CT molecular complexity index is 943. The number of hydrogen-bond donors (Lipinski definition) is 2. The third kappa shape index (κ3) is 6.65. The summed E-state index contributed by atoms with van der Waals surface area (Å²) >= 11 is 20.3. The van der Waals surface area contributed by atoms with Crippen molar-refractivity contribution in [3.05, 3.63) is 81.3 Å². The van der Waals surface area contributed by atoms with Crippen LogP contribution >= 0.6 is 46.6 Å². The van der Waals surface area contributed by atoms with Crippen LogP contribution in [0, 0.1) is 0 Å². The van der Waals surface area contributed by atoms with E-state index >= 15 is 0 Å². The Balaban J connectivity index is 1.64. The molecule has 0 bridgehead atoms. The second-order valence-electron chi connectivity index (χ2n) is 6.87. The molecule has 0 saturated carbocycles. The molecule has 1 unspecified atom stereocenters. The van der Waals surface area contributed by atoms with E-state index in [9.17, 15) is 0 Å². The second kappa shape index (κ2) is 10.7. The summed E-state index contributed by atoms with van der Waals surface area (Å²) in [5, 5.41) is 11.0. The minimum Gasteiger partial charge on any atom is -0.395 e. The van der Waals surface area contributed by atoms with Gasteiger partial charge in [-0.25, -0.2) is 0 Å². The Labute approximate surface area is 191 Å². The SMILES string of the molecule is NC(CO)CCCc1ccc(Sc2ccc(-c3cc(Cl)cc(Cl)c3)cc2)cc1Cl. The summed E-state index contributed by atoms with van der Waals surface area (Å²) in [7, 11) is 0. The van der Waals surface area contributed by atoms with Crippen LogP contribution in [-0.4, -0.2) is 17.8 Å². The highest BCUT2D eigenvalue weighted by atomic mass is 35.5. The van der Waals surface area contributed by atoms with Crippen LogP contribution in [-0.2, 0) is 6.42 Å². The van der Waals surface area contributed by atoms with Crippen LogP contribution in [0.25, 0.3) is 11.1 Å². The van der Waals surface area contributed by atoms with Gasteiger partial charge in [0.15, 0.2) is 0 Å². The van der Waals surface area contributed by atoms with E-state index in [1.165, 1.54) is 0 Å². The molecule has 3 N–H and O–H groups in total. The molecule has 0 heterocycles. The zero-order chi connectivity index (χ0) is 20.8. The van der Waals surface area contributed by atoms with Gasteiger partial charge in [-0.15, -0.1) is 0 Å². The Kier molecular flexibility index (Phi) is 8.31. The monoisotopic (exact) mass is 465 g/mol. The number of aliphatic hydroxyl groups excluding tert-OH is 1. The fourth-order valence-electron chi connectivity index (χ4n) is 3.01. The molecule has 6 heteroatoms. The van der Waals surface area contributed by atoms with Gasteiger partial charge in [-0.05, 0) is 78.4 Å². The Hall–Kier alpha value is -1.20. The van der Waals surface area contributed by atoms with E-state index in [0.717, 1.165) is 50.8 Å². The predicted octanol–water partition coefficient (Wildman–Crippen LogP) is 7.11. The minimum atomic E-state index is -0.158. The number of hydrogen-bond acceptors (Lipinski definition) is 3. The van der Waals surface area contributed by atoms with E-state index in [0.29, 0.717) is 10.0 Å². The first-order valence-corrected chi connectivity index (χ1v) is 11.3. The lowest BCUT2D eigenvalue weighted by molar-refractivity contribution is 0.258. The summed E-state index contributed by atoms with van der Waals surface area (Å²) in [6.45, 7) is 0.0203. The molecule has 0 saturated heterocycles. The minimum absolute atomic E-state index is 0.0203. The van der Waals surface area contributed by atoms with Gasteiger partial charge in [0.25, 0.3) is 0 Å². The number of halogens is 3. The summed E-state index contributed by atoms with van der Waals surface area (Å²) in [5.41, 5.74) is 8.91. The first kappa shape index (κ1) is 22.5. The van der Waals surface area contributed by atoms with Crippen molar-refractivity contribution in [3.63, 3.8) is 0 Å². The normalized spacial score (nSPS) is 12.2. The molecule has 0 aliphatic carbocycles. The zero-order valence-corrected chi connectivity index (χ0v) is 18.8. The smallest absolute Gasteiger partial charge is 0.0582 e. The van der Waals surface area contributed by atoms with Gasteiger partial charge in [0.2, 0.25) is 0 Å². The first-order valence-electron chi connectivity index (χ1n) is 9.34. The van der Waals surface area contributed by atoms with Gasteiger partial charge in [0.05, 0.1) is 6.61 Å². The molecular formula is C23H22Cl3NOS. The van der Waals surface area contributed by atoms with E-state index in [4.69, 9.17) is 45.6 Å². The molecule has 2 nitrogen and oxygen atoms in total. The molecule has 0 amide bonds. The van der Waals surface area contributed by atoms with E-state index < -0.39 is 0 Å². The lowest BCUT2D eigenvalue weighted by Crippen LogP contribution is -2.24. The molecule has 3 aromatic rings. The van der Waals surface area contributed by atoms with E-state index in [1.807, 2.05) is 18.2 Å². The van der Waals surface area contributed by atoms with Crippen LogP contribution in [0.2, 0.25) is 15.1 Å².